The lowest BCUT2D eigenvalue weighted by molar-refractivity contribution is -0.139. The van der Waals surface area contributed by atoms with E-state index in [1.807, 2.05) is 22.8 Å². The Morgan fingerprint density at radius 1 is 1.18 bits per heavy atom. The Bertz CT molecular complexity index is 1110. The quantitative estimate of drug-likeness (QED) is 0.152. The molecule has 7 N–H and O–H groups in total. The van der Waals surface area contributed by atoms with Crippen LogP contribution in [-0.4, -0.2) is 61.8 Å². The number of guanidine groups is 1. The lowest BCUT2D eigenvalue weighted by Crippen LogP contribution is -2.45. The second-order valence-electron chi connectivity index (χ2n) is 6.97. The Kier molecular flexibility index (Phi) is 7.94. The van der Waals surface area contributed by atoms with Crippen molar-refractivity contribution in [1.29, 1.82) is 0 Å². The highest BCUT2D eigenvalue weighted by Gasteiger charge is 2.21. The van der Waals surface area contributed by atoms with E-state index in [4.69, 9.17) is 16.2 Å². The number of alkyl carbamates (subject to hydrolysis) is 1. The minimum absolute atomic E-state index is 0.0274. The number of carboxylic acids is 1. The van der Waals surface area contributed by atoms with Crippen LogP contribution in [0, 0.1) is 0 Å². The zero-order valence-corrected chi connectivity index (χ0v) is 17.7. The molecule has 13 heteroatoms. The number of aliphatic carboxylic acids is 1. The number of ether oxygens (including phenoxy) is 1. The molecule has 33 heavy (non-hydrogen) atoms. The van der Waals surface area contributed by atoms with Gasteiger partial charge in [0.15, 0.2) is 17.4 Å². The number of aryl methyl sites for hydroxylation is 1. The van der Waals surface area contributed by atoms with Crippen LogP contribution in [0.15, 0.2) is 48.0 Å². The average Bonchev–Trinajstić information content (AvgIpc) is 3.22. The number of rotatable bonds is 11. The van der Waals surface area contributed by atoms with Gasteiger partial charge in [-0.05, 0) is 12.0 Å². The molecule has 0 aliphatic heterocycles. The highest BCUT2D eigenvalue weighted by molar-refractivity contribution is 5.84. The molecule has 3 rings (SSSR count). The maximum absolute atomic E-state index is 12.0. The highest BCUT2D eigenvalue weighted by atomic mass is 16.5. The molecule has 0 aliphatic carbocycles. The van der Waals surface area contributed by atoms with E-state index >= 15 is 0 Å². The molecule has 0 unspecified atom stereocenters. The number of aliphatic imine (C=N–C) groups is 1. The van der Waals surface area contributed by atoms with E-state index in [2.05, 4.69) is 30.6 Å². The molecule has 0 bridgehead atoms. The fourth-order valence-corrected chi connectivity index (χ4v) is 2.93. The Morgan fingerprint density at radius 2 is 1.97 bits per heavy atom. The fourth-order valence-electron chi connectivity index (χ4n) is 2.93. The number of carbonyl (C=O) groups excluding carboxylic acids is 1. The molecule has 0 saturated carbocycles. The molecular formula is C20H25N9O4. The highest BCUT2D eigenvalue weighted by Crippen LogP contribution is 2.17. The number of aromatic nitrogens is 4. The molecule has 1 aromatic carbocycles. The lowest BCUT2D eigenvalue weighted by Gasteiger charge is -2.15. The van der Waals surface area contributed by atoms with Crippen molar-refractivity contribution in [1.82, 2.24) is 24.8 Å². The summed E-state index contributed by atoms with van der Waals surface area (Å²) < 4.78 is 6.91. The molecule has 3 aromatic rings. The van der Waals surface area contributed by atoms with Gasteiger partial charge in [-0.1, -0.05) is 30.3 Å². The molecule has 2 aromatic heterocycles. The summed E-state index contributed by atoms with van der Waals surface area (Å²) in [5.74, 6) is -0.853. The Balaban J connectivity index is 1.58. The van der Waals surface area contributed by atoms with Crippen molar-refractivity contribution in [3.05, 3.63) is 48.5 Å². The van der Waals surface area contributed by atoms with Crippen molar-refractivity contribution >= 4 is 35.0 Å². The summed E-state index contributed by atoms with van der Waals surface area (Å²) in [7, 11) is 0. The van der Waals surface area contributed by atoms with Crippen molar-refractivity contribution in [3.8, 4) is 0 Å². The van der Waals surface area contributed by atoms with Crippen LogP contribution in [0.25, 0.3) is 11.2 Å². The van der Waals surface area contributed by atoms with Crippen LogP contribution in [0.1, 0.15) is 12.0 Å². The first-order chi connectivity index (χ1) is 15.9. The number of anilines is 1. The summed E-state index contributed by atoms with van der Waals surface area (Å²) in [6.45, 7) is 0.930. The van der Waals surface area contributed by atoms with Crippen molar-refractivity contribution in [2.45, 2.75) is 25.6 Å². The van der Waals surface area contributed by atoms with Crippen LogP contribution in [-0.2, 0) is 22.7 Å². The predicted octanol–water partition coefficient (Wildman–Crippen LogP) is 0.281. The van der Waals surface area contributed by atoms with E-state index in [0.717, 1.165) is 5.56 Å². The third kappa shape index (κ3) is 6.78. The first-order valence-corrected chi connectivity index (χ1v) is 10.1. The fraction of sp³-hybridized carbons (Fsp3) is 0.300. The molecule has 0 aliphatic rings. The van der Waals surface area contributed by atoms with Crippen molar-refractivity contribution in [2.24, 2.45) is 16.5 Å². The molecular weight excluding hydrogens is 430 g/mol. The summed E-state index contributed by atoms with van der Waals surface area (Å²) in [5.41, 5.74) is 12.5. The van der Waals surface area contributed by atoms with Gasteiger partial charge in [-0.25, -0.2) is 24.5 Å². The number of carbonyl (C=O) groups is 2. The van der Waals surface area contributed by atoms with E-state index < -0.39 is 18.1 Å². The molecule has 0 spiro atoms. The van der Waals surface area contributed by atoms with Crippen molar-refractivity contribution in [2.75, 3.05) is 18.4 Å². The Labute approximate surface area is 188 Å². The number of nitrogens with one attached hydrogen (secondary N) is 2. The lowest BCUT2D eigenvalue weighted by atomic mass is 10.2. The van der Waals surface area contributed by atoms with E-state index in [-0.39, 0.29) is 19.1 Å². The van der Waals surface area contributed by atoms with Crippen LogP contribution in [0.3, 0.4) is 0 Å². The molecule has 13 nitrogen and oxygen atoms in total. The standard InChI is InChI=1S/C20H25N9O4/c21-19(22)23-7-4-8-29-12-27-15-16(25-11-26-17(15)29)24-9-14(18(30)31)28-20(32)33-10-13-5-2-1-3-6-13/h1-3,5-6,11-12,14H,4,7-10H2,(H,28,32)(H,30,31)(H4,21,22,23)(H,24,25,26)/t14-/m0/s1. The van der Waals surface area contributed by atoms with E-state index in [1.165, 1.54) is 6.33 Å². The number of amides is 1. The maximum Gasteiger partial charge on any atom is 0.408 e. The minimum atomic E-state index is -1.25. The van der Waals surface area contributed by atoms with Gasteiger partial charge in [0.1, 0.15) is 24.5 Å². The van der Waals surface area contributed by atoms with Crippen molar-refractivity contribution in [3.63, 3.8) is 0 Å². The largest absolute Gasteiger partial charge is 0.480 e. The second-order valence-corrected chi connectivity index (χ2v) is 6.97. The number of imidazole rings is 1. The van der Waals surface area contributed by atoms with Gasteiger partial charge in [-0.15, -0.1) is 0 Å². The Morgan fingerprint density at radius 3 is 2.70 bits per heavy atom. The van der Waals surface area contributed by atoms with Gasteiger partial charge in [0.05, 0.1) is 6.33 Å². The zero-order chi connectivity index (χ0) is 23.6. The molecule has 1 atom stereocenters. The number of fused-ring (bicyclic) bond motifs is 1. The van der Waals surface area contributed by atoms with Gasteiger partial charge >= 0.3 is 12.1 Å². The topological polar surface area (TPSA) is 196 Å². The van der Waals surface area contributed by atoms with E-state index in [1.54, 1.807) is 18.5 Å². The third-order valence-corrected chi connectivity index (χ3v) is 4.53. The van der Waals surface area contributed by atoms with Gasteiger partial charge in [0.2, 0.25) is 0 Å². The van der Waals surface area contributed by atoms with Gasteiger partial charge in [0, 0.05) is 19.6 Å². The van der Waals surface area contributed by atoms with Crippen LogP contribution in [0.4, 0.5) is 10.6 Å². The van der Waals surface area contributed by atoms with E-state index in [9.17, 15) is 14.7 Å². The smallest absolute Gasteiger partial charge is 0.408 e. The molecule has 0 saturated heterocycles. The first kappa shape index (κ1) is 23.2. The summed E-state index contributed by atoms with van der Waals surface area (Å²) >= 11 is 0. The molecule has 0 fully saturated rings. The third-order valence-electron chi connectivity index (χ3n) is 4.53. The molecule has 0 radical (unpaired) electrons. The molecule has 174 valence electrons. The summed E-state index contributed by atoms with van der Waals surface area (Å²) in [6.07, 6.45) is 2.78. The van der Waals surface area contributed by atoms with Crippen LogP contribution in [0.5, 0.6) is 0 Å². The summed E-state index contributed by atoms with van der Waals surface area (Å²) in [4.78, 5) is 40.3. The van der Waals surface area contributed by atoms with Crippen molar-refractivity contribution < 1.29 is 19.4 Å². The average molecular weight is 455 g/mol. The van der Waals surface area contributed by atoms with Gasteiger partial charge in [-0.3, -0.25) is 4.99 Å². The molecule has 1 amide bonds. The minimum Gasteiger partial charge on any atom is -0.480 e. The number of benzene rings is 1. The first-order valence-electron chi connectivity index (χ1n) is 10.1. The van der Waals surface area contributed by atoms with Crippen LogP contribution in [0.2, 0.25) is 0 Å². The summed E-state index contributed by atoms with van der Waals surface area (Å²) in [5, 5.41) is 14.7. The van der Waals surface area contributed by atoms with E-state index in [0.29, 0.717) is 36.5 Å². The maximum atomic E-state index is 12.0. The zero-order valence-electron chi connectivity index (χ0n) is 17.7. The number of nitrogens with two attached hydrogens (primary N) is 2. The van der Waals surface area contributed by atoms with Crippen LogP contribution < -0.4 is 22.1 Å². The second kappa shape index (κ2) is 11.3. The number of hydrogen-bond donors (Lipinski definition) is 5. The number of hydrogen-bond acceptors (Lipinski definition) is 8. The normalized spacial score (nSPS) is 11.5. The Hall–Kier alpha value is -4.42. The summed E-state index contributed by atoms with van der Waals surface area (Å²) in [6, 6.07) is 7.81. The SMILES string of the molecule is NC(N)=NCCCn1cnc2c(NC[C@H](NC(=O)OCc3ccccc3)C(=O)O)ncnc21. The van der Waals surface area contributed by atoms with Crippen LogP contribution >= 0.6 is 0 Å². The van der Waals surface area contributed by atoms with Gasteiger partial charge in [-0.2, -0.15) is 0 Å². The number of nitrogens with zero attached hydrogens (tertiary/aromatic N) is 5. The molecule has 2 heterocycles. The van der Waals surface area contributed by atoms with Gasteiger partial charge < -0.3 is 36.5 Å². The number of carboxylic acid groups (broad SMARTS) is 1. The predicted molar refractivity (Wildman–Crippen MR) is 120 cm³/mol. The van der Waals surface area contributed by atoms with Gasteiger partial charge in [0.25, 0.3) is 0 Å². The monoisotopic (exact) mass is 455 g/mol.